The number of benzene rings is 1. The largest absolute Gasteiger partial charge is 0.297 e. The van der Waals surface area contributed by atoms with Crippen molar-refractivity contribution < 1.29 is 4.79 Å². The minimum absolute atomic E-state index is 0.118. The SMILES string of the molecule is Cn1nnnc1SCC(=O)C(C#N)c1nc(-c2ccccc2)cs1. The van der Waals surface area contributed by atoms with Crippen molar-refractivity contribution in [3.63, 3.8) is 0 Å². The number of aromatic nitrogens is 5. The van der Waals surface area contributed by atoms with Gasteiger partial charge in [-0.05, 0) is 10.4 Å². The first kappa shape index (κ1) is 16.3. The van der Waals surface area contributed by atoms with E-state index in [0.717, 1.165) is 11.3 Å². The summed E-state index contributed by atoms with van der Waals surface area (Å²) in [7, 11) is 1.70. The number of thiazole rings is 1. The number of tetrazole rings is 1. The van der Waals surface area contributed by atoms with E-state index in [1.54, 1.807) is 7.05 Å². The Labute approximate surface area is 146 Å². The predicted octanol–water partition coefficient (Wildman–Crippen LogP) is 2.30. The summed E-state index contributed by atoms with van der Waals surface area (Å²) in [6.45, 7) is 0. The van der Waals surface area contributed by atoms with E-state index in [1.807, 2.05) is 35.7 Å². The van der Waals surface area contributed by atoms with E-state index in [-0.39, 0.29) is 11.5 Å². The van der Waals surface area contributed by atoms with Gasteiger partial charge in [0.25, 0.3) is 0 Å². The molecule has 3 rings (SSSR count). The van der Waals surface area contributed by atoms with Crippen LogP contribution in [0.25, 0.3) is 11.3 Å². The Morgan fingerprint density at radius 1 is 1.42 bits per heavy atom. The average molecular weight is 356 g/mol. The van der Waals surface area contributed by atoms with E-state index in [0.29, 0.717) is 10.2 Å². The van der Waals surface area contributed by atoms with Gasteiger partial charge in [-0.15, -0.1) is 16.4 Å². The van der Waals surface area contributed by atoms with Gasteiger partial charge in [-0.25, -0.2) is 9.67 Å². The molecule has 120 valence electrons. The van der Waals surface area contributed by atoms with Crippen LogP contribution in [0.1, 0.15) is 10.9 Å². The number of carbonyl (C=O) groups excluding carboxylic acids is 1. The van der Waals surface area contributed by atoms with Gasteiger partial charge in [-0.2, -0.15) is 5.26 Å². The third-order valence-electron chi connectivity index (χ3n) is 3.21. The standard InChI is InChI=1S/C15H12N6OS2/c1-21-15(18-19-20-21)24-9-13(22)11(7-16)14-17-12(8-23-14)10-5-3-2-4-6-10/h2-6,8,11H,9H2,1H3. The van der Waals surface area contributed by atoms with Gasteiger partial charge >= 0.3 is 0 Å². The summed E-state index contributed by atoms with van der Waals surface area (Å²) < 4.78 is 1.48. The zero-order chi connectivity index (χ0) is 16.9. The first-order chi connectivity index (χ1) is 11.7. The number of carbonyl (C=O) groups is 1. The maximum absolute atomic E-state index is 12.4. The third kappa shape index (κ3) is 3.50. The van der Waals surface area contributed by atoms with Gasteiger partial charge in [-0.1, -0.05) is 42.1 Å². The van der Waals surface area contributed by atoms with Crippen LogP contribution in [-0.2, 0) is 11.8 Å². The molecule has 9 heteroatoms. The quantitative estimate of drug-likeness (QED) is 0.625. The van der Waals surface area contributed by atoms with Crippen molar-refractivity contribution in [3.8, 4) is 17.3 Å². The van der Waals surface area contributed by atoms with Crippen LogP contribution in [0.2, 0.25) is 0 Å². The molecule has 0 amide bonds. The molecule has 2 heterocycles. The summed E-state index contributed by atoms with van der Waals surface area (Å²) in [6, 6.07) is 11.7. The van der Waals surface area contributed by atoms with Crippen LogP contribution in [0.5, 0.6) is 0 Å². The molecule has 24 heavy (non-hydrogen) atoms. The van der Waals surface area contributed by atoms with Gasteiger partial charge < -0.3 is 0 Å². The molecule has 0 aliphatic heterocycles. The third-order valence-corrected chi connectivity index (χ3v) is 5.16. The number of hydrogen-bond donors (Lipinski definition) is 0. The van der Waals surface area contributed by atoms with Gasteiger partial charge in [0.05, 0.1) is 17.5 Å². The highest BCUT2D eigenvalue weighted by molar-refractivity contribution is 7.99. The molecule has 7 nitrogen and oxygen atoms in total. The fourth-order valence-corrected chi connectivity index (χ4v) is 3.64. The lowest BCUT2D eigenvalue weighted by Crippen LogP contribution is -2.13. The summed E-state index contributed by atoms with van der Waals surface area (Å²) in [4.78, 5) is 16.8. The van der Waals surface area contributed by atoms with E-state index in [2.05, 4.69) is 26.6 Å². The fourth-order valence-electron chi connectivity index (χ4n) is 1.99. The van der Waals surface area contributed by atoms with Crippen molar-refractivity contribution in [2.75, 3.05) is 5.75 Å². The van der Waals surface area contributed by atoms with Gasteiger partial charge in [0, 0.05) is 18.0 Å². The molecule has 2 aromatic heterocycles. The molecule has 0 bridgehead atoms. The van der Waals surface area contributed by atoms with Gasteiger partial charge in [-0.3, -0.25) is 4.79 Å². The summed E-state index contributed by atoms with van der Waals surface area (Å²) in [5.41, 5.74) is 1.73. The van der Waals surface area contributed by atoms with E-state index >= 15 is 0 Å². The minimum atomic E-state index is -0.874. The number of nitriles is 1. The van der Waals surface area contributed by atoms with Crippen LogP contribution in [0.15, 0.2) is 40.9 Å². The summed E-state index contributed by atoms with van der Waals surface area (Å²) in [6.07, 6.45) is 0. The molecule has 0 radical (unpaired) electrons. The Kier molecular flexibility index (Phi) is 4.98. The van der Waals surface area contributed by atoms with Crippen LogP contribution >= 0.6 is 23.1 Å². The number of Topliss-reactive ketones (excluding diaryl/α,β-unsaturated/α-hetero) is 1. The summed E-state index contributed by atoms with van der Waals surface area (Å²) >= 11 is 2.53. The Bertz CT molecular complexity index is 883. The Hall–Kier alpha value is -2.57. The lowest BCUT2D eigenvalue weighted by molar-refractivity contribution is -0.116. The lowest BCUT2D eigenvalue weighted by Gasteiger charge is -2.04. The molecule has 0 N–H and O–H groups in total. The second-order valence-corrected chi connectivity index (χ2v) is 6.67. The second kappa shape index (κ2) is 7.33. The predicted molar refractivity (Wildman–Crippen MR) is 90.4 cm³/mol. The van der Waals surface area contributed by atoms with Crippen molar-refractivity contribution in [2.24, 2.45) is 7.05 Å². The molecule has 0 spiro atoms. The van der Waals surface area contributed by atoms with E-state index in [9.17, 15) is 10.1 Å². The van der Waals surface area contributed by atoms with Crippen LogP contribution in [0.3, 0.4) is 0 Å². The van der Waals surface area contributed by atoms with Crippen LogP contribution < -0.4 is 0 Å². The molecule has 1 aromatic carbocycles. The molecule has 3 aromatic rings. The maximum atomic E-state index is 12.4. The topological polar surface area (TPSA) is 97.4 Å². The van der Waals surface area contributed by atoms with Crippen molar-refractivity contribution >= 4 is 28.9 Å². The summed E-state index contributed by atoms with van der Waals surface area (Å²) in [5.74, 6) is -0.965. The number of ketones is 1. The molecule has 0 saturated heterocycles. The highest BCUT2D eigenvalue weighted by atomic mass is 32.2. The number of rotatable bonds is 6. The molecule has 0 fully saturated rings. The van der Waals surface area contributed by atoms with E-state index in [4.69, 9.17) is 0 Å². The van der Waals surface area contributed by atoms with Crippen LogP contribution in [-0.4, -0.2) is 36.7 Å². The molecule has 0 aliphatic rings. The molecule has 0 aliphatic carbocycles. The molecule has 1 unspecified atom stereocenters. The highest BCUT2D eigenvalue weighted by Gasteiger charge is 2.24. The first-order valence-electron chi connectivity index (χ1n) is 6.97. The smallest absolute Gasteiger partial charge is 0.209 e. The van der Waals surface area contributed by atoms with Crippen molar-refractivity contribution in [1.82, 2.24) is 25.2 Å². The Morgan fingerprint density at radius 3 is 2.88 bits per heavy atom. The second-order valence-electron chi connectivity index (χ2n) is 4.84. The van der Waals surface area contributed by atoms with E-state index < -0.39 is 5.92 Å². The van der Waals surface area contributed by atoms with Crippen molar-refractivity contribution in [3.05, 3.63) is 40.7 Å². The molecule has 1 atom stereocenters. The minimum Gasteiger partial charge on any atom is -0.297 e. The Balaban J connectivity index is 1.72. The van der Waals surface area contributed by atoms with Crippen LogP contribution in [0.4, 0.5) is 0 Å². The molecular formula is C15H12N6OS2. The van der Waals surface area contributed by atoms with Gasteiger partial charge in [0.1, 0.15) is 5.01 Å². The highest BCUT2D eigenvalue weighted by Crippen LogP contribution is 2.28. The number of hydrogen-bond acceptors (Lipinski definition) is 8. The fraction of sp³-hybridized carbons (Fsp3) is 0.200. The normalized spacial score (nSPS) is 11.8. The molecular weight excluding hydrogens is 344 g/mol. The number of nitrogens with zero attached hydrogens (tertiary/aromatic N) is 6. The number of thioether (sulfide) groups is 1. The van der Waals surface area contributed by atoms with Crippen molar-refractivity contribution in [2.45, 2.75) is 11.1 Å². The first-order valence-corrected chi connectivity index (χ1v) is 8.84. The van der Waals surface area contributed by atoms with Gasteiger partial charge in [0.15, 0.2) is 11.7 Å². The van der Waals surface area contributed by atoms with E-state index in [1.165, 1.54) is 27.8 Å². The zero-order valence-electron chi connectivity index (χ0n) is 12.7. The van der Waals surface area contributed by atoms with Gasteiger partial charge in [0.2, 0.25) is 5.16 Å². The average Bonchev–Trinajstić information content (AvgIpc) is 3.24. The van der Waals surface area contributed by atoms with Crippen molar-refractivity contribution in [1.29, 1.82) is 5.26 Å². The maximum Gasteiger partial charge on any atom is 0.209 e. The van der Waals surface area contributed by atoms with Crippen LogP contribution in [0, 0.1) is 11.3 Å². The summed E-state index contributed by atoms with van der Waals surface area (Å²) in [5, 5.41) is 23.3. The zero-order valence-corrected chi connectivity index (χ0v) is 14.3. The number of aryl methyl sites for hydroxylation is 1. The molecule has 0 saturated carbocycles. The monoisotopic (exact) mass is 356 g/mol. The lowest BCUT2D eigenvalue weighted by atomic mass is 10.1. The Morgan fingerprint density at radius 2 is 2.21 bits per heavy atom.